The predicted molar refractivity (Wildman–Crippen MR) is 79.1 cm³/mol. The quantitative estimate of drug-likeness (QED) is 0.768. The van der Waals surface area contributed by atoms with Crippen molar-refractivity contribution in [3.05, 3.63) is 41.7 Å². The van der Waals surface area contributed by atoms with Crippen LogP contribution in [0.1, 0.15) is 22.3 Å². The molecule has 0 radical (unpaired) electrons. The number of hydrogen-bond donors (Lipinski definition) is 2. The van der Waals surface area contributed by atoms with Crippen LogP contribution >= 0.6 is 0 Å². The van der Waals surface area contributed by atoms with Gasteiger partial charge in [-0.3, -0.25) is 4.79 Å². The molecule has 1 aromatic heterocycles. The summed E-state index contributed by atoms with van der Waals surface area (Å²) in [5, 5.41) is 26.6. The van der Waals surface area contributed by atoms with Gasteiger partial charge < -0.3 is 14.8 Å². The van der Waals surface area contributed by atoms with E-state index in [1.165, 1.54) is 16.9 Å². The minimum atomic E-state index is -1.22. The van der Waals surface area contributed by atoms with Crippen LogP contribution in [0.15, 0.2) is 30.6 Å². The molecule has 0 saturated carbocycles. The zero-order chi connectivity index (χ0) is 16.4. The maximum absolute atomic E-state index is 12.1. The number of hydrogen-bond acceptors (Lipinski definition) is 6. The molecule has 118 valence electrons. The smallest absolute Gasteiger partial charge is 0.526 e. The number of carbonyl (C=O) groups excluding carboxylic acids is 1. The summed E-state index contributed by atoms with van der Waals surface area (Å²) in [6.07, 6.45) is 3.55. The molecule has 8 nitrogen and oxygen atoms in total. The Labute approximate surface area is 131 Å². The SMILES string of the molecule is O=C(C[C@H]1Cc2cccc(C(=O)O)c2OB1O)Cn1ccnn1. The van der Waals surface area contributed by atoms with Crippen molar-refractivity contribution in [2.45, 2.75) is 25.2 Å². The van der Waals surface area contributed by atoms with Gasteiger partial charge >= 0.3 is 13.1 Å². The van der Waals surface area contributed by atoms with Crippen molar-refractivity contribution in [2.75, 3.05) is 0 Å². The molecule has 0 fully saturated rings. The Morgan fingerprint density at radius 1 is 1.43 bits per heavy atom. The Morgan fingerprint density at radius 3 is 2.96 bits per heavy atom. The number of aromatic carboxylic acids is 1. The molecule has 0 bridgehead atoms. The second-order valence-electron chi connectivity index (χ2n) is 5.42. The summed E-state index contributed by atoms with van der Waals surface area (Å²) in [5.41, 5.74) is 0.683. The topological polar surface area (TPSA) is 115 Å². The molecule has 0 spiro atoms. The number of rotatable bonds is 5. The largest absolute Gasteiger partial charge is 0.535 e. The van der Waals surface area contributed by atoms with Crippen LogP contribution in [-0.2, 0) is 17.8 Å². The van der Waals surface area contributed by atoms with Crippen LogP contribution in [-0.4, -0.2) is 44.0 Å². The molecular weight excluding hydrogens is 301 g/mol. The molecule has 2 heterocycles. The highest BCUT2D eigenvalue weighted by atomic mass is 16.5. The number of carboxylic acid groups (broad SMARTS) is 1. The van der Waals surface area contributed by atoms with Gasteiger partial charge in [0.15, 0.2) is 5.78 Å². The molecular formula is C14H14BN3O5. The molecule has 2 aromatic rings. The van der Waals surface area contributed by atoms with Crippen molar-refractivity contribution in [3.63, 3.8) is 0 Å². The van der Waals surface area contributed by atoms with Crippen molar-refractivity contribution >= 4 is 18.9 Å². The van der Waals surface area contributed by atoms with Crippen LogP contribution in [0.2, 0.25) is 5.82 Å². The number of fused-ring (bicyclic) bond motifs is 1. The third-order valence-corrected chi connectivity index (χ3v) is 3.75. The molecule has 23 heavy (non-hydrogen) atoms. The van der Waals surface area contributed by atoms with Crippen LogP contribution in [0.25, 0.3) is 0 Å². The third-order valence-electron chi connectivity index (χ3n) is 3.75. The second kappa shape index (κ2) is 6.21. The number of carboxylic acids is 1. The number of Topliss-reactive ketones (excluding diaryl/α,β-unsaturated/α-hetero) is 1. The van der Waals surface area contributed by atoms with Gasteiger partial charge in [0, 0.05) is 18.4 Å². The zero-order valence-electron chi connectivity index (χ0n) is 12.1. The van der Waals surface area contributed by atoms with E-state index in [-0.39, 0.29) is 30.1 Å². The summed E-state index contributed by atoms with van der Waals surface area (Å²) in [6.45, 7) is 0.0746. The van der Waals surface area contributed by atoms with Gasteiger partial charge in [0.1, 0.15) is 12.3 Å². The van der Waals surface area contributed by atoms with Crippen LogP contribution in [0.3, 0.4) is 0 Å². The summed E-state index contributed by atoms with van der Waals surface area (Å²) in [7, 11) is -1.22. The summed E-state index contributed by atoms with van der Waals surface area (Å²) in [6, 6.07) is 4.78. The van der Waals surface area contributed by atoms with Gasteiger partial charge in [-0.2, -0.15) is 0 Å². The Morgan fingerprint density at radius 2 is 2.26 bits per heavy atom. The first kappa shape index (κ1) is 15.2. The highest BCUT2D eigenvalue weighted by molar-refractivity contribution is 6.47. The monoisotopic (exact) mass is 315 g/mol. The molecule has 0 aliphatic carbocycles. The van der Waals surface area contributed by atoms with E-state index in [0.717, 1.165) is 0 Å². The lowest BCUT2D eigenvalue weighted by atomic mass is 9.64. The number of para-hydroxylation sites is 1. The van der Waals surface area contributed by atoms with Crippen LogP contribution in [0.4, 0.5) is 0 Å². The first-order valence-corrected chi connectivity index (χ1v) is 7.10. The van der Waals surface area contributed by atoms with E-state index >= 15 is 0 Å². The van der Waals surface area contributed by atoms with Gasteiger partial charge in [0.2, 0.25) is 0 Å². The fraction of sp³-hybridized carbons (Fsp3) is 0.286. The molecule has 0 amide bonds. The van der Waals surface area contributed by atoms with E-state index < -0.39 is 18.9 Å². The number of benzene rings is 1. The molecule has 0 unspecified atom stereocenters. The van der Waals surface area contributed by atoms with Crippen molar-refractivity contribution < 1.29 is 24.4 Å². The Bertz CT molecular complexity index is 734. The highest BCUT2D eigenvalue weighted by Crippen LogP contribution is 2.36. The lowest BCUT2D eigenvalue weighted by molar-refractivity contribution is -0.120. The lowest BCUT2D eigenvalue weighted by Crippen LogP contribution is -2.36. The van der Waals surface area contributed by atoms with Crippen molar-refractivity contribution in [3.8, 4) is 5.75 Å². The van der Waals surface area contributed by atoms with Crippen LogP contribution < -0.4 is 4.65 Å². The normalized spacial score (nSPS) is 16.6. The van der Waals surface area contributed by atoms with Gasteiger partial charge in [-0.15, -0.1) is 5.10 Å². The molecule has 1 aliphatic heterocycles. The van der Waals surface area contributed by atoms with E-state index in [2.05, 4.69) is 10.3 Å². The van der Waals surface area contributed by atoms with E-state index in [1.807, 2.05) is 0 Å². The minimum absolute atomic E-state index is 0.00828. The van der Waals surface area contributed by atoms with Crippen molar-refractivity contribution in [1.29, 1.82) is 0 Å². The van der Waals surface area contributed by atoms with Crippen molar-refractivity contribution in [2.24, 2.45) is 0 Å². The van der Waals surface area contributed by atoms with Crippen LogP contribution in [0, 0.1) is 0 Å². The molecule has 9 heteroatoms. The molecule has 0 saturated heterocycles. The van der Waals surface area contributed by atoms with Gasteiger partial charge in [-0.25, -0.2) is 9.48 Å². The summed E-state index contributed by atoms with van der Waals surface area (Å²) >= 11 is 0. The standard InChI is InChI=1S/C14H14BN3O5/c19-11(8-18-5-4-16-17-18)7-10-6-9-2-1-3-12(14(20)21)13(9)23-15(10)22/h1-5,10,22H,6-8H2,(H,20,21)/t10-/m1/s1. The summed E-state index contributed by atoms with van der Waals surface area (Å²) in [5.74, 6) is -1.48. The highest BCUT2D eigenvalue weighted by Gasteiger charge is 2.37. The first-order valence-electron chi connectivity index (χ1n) is 7.10. The maximum atomic E-state index is 12.1. The second-order valence-corrected chi connectivity index (χ2v) is 5.42. The molecule has 1 aliphatic rings. The number of aromatic nitrogens is 3. The van der Waals surface area contributed by atoms with Crippen molar-refractivity contribution in [1.82, 2.24) is 15.0 Å². The lowest BCUT2D eigenvalue weighted by Gasteiger charge is -2.27. The van der Waals surface area contributed by atoms with Crippen LogP contribution in [0.5, 0.6) is 5.75 Å². The zero-order valence-corrected chi connectivity index (χ0v) is 12.1. The minimum Gasteiger partial charge on any atom is -0.535 e. The molecule has 1 aromatic carbocycles. The summed E-state index contributed by atoms with van der Waals surface area (Å²) < 4.78 is 6.77. The van der Waals surface area contributed by atoms with E-state index in [9.17, 15) is 14.6 Å². The Kier molecular flexibility index (Phi) is 4.11. The molecule has 3 rings (SSSR count). The molecule has 2 N–H and O–H groups in total. The van der Waals surface area contributed by atoms with E-state index in [4.69, 9.17) is 9.76 Å². The van der Waals surface area contributed by atoms with Gasteiger partial charge in [0.05, 0.1) is 11.8 Å². The molecule has 1 atom stereocenters. The van der Waals surface area contributed by atoms with E-state index in [0.29, 0.717) is 12.0 Å². The summed E-state index contributed by atoms with van der Waals surface area (Å²) in [4.78, 5) is 23.2. The van der Waals surface area contributed by atoms with Gasteiger partial charge in [0.25, 0.3) is 0 Å². The number of nitrogens with zero attached hydrogens (tertiary/aromatic N) is 3. The fourth-order valence-corrected chi connectivity index (χ4v) is 2.68. The number of carbonyl (C=O) groups is 2. The predicted octanol–water partition coefficient (Wildman–Crippen LogP) is 0.421. The van der Waals surface area contributed by atoms with Gasteiger partial charge in [-0.05, 0) is 18.1 Å². The Hall–Kier alpha value is -2.68. The maximum Gasteiger partial charge on any atom is 0.526 e. The fourth-order valence-electron chi connectivity index (χ4n) is 2.68. The Balaban J connectivity index is 1.72. The average molecular weight is 315 g/mol. The number of ketones is 1. The third kappa shape index (κ3) is 3.24. The van der Waals surface area contributed by atoms with Gasteiger partial charge in [-0.1, -0.05) is 17.3 Å². The van der Waals surface area contributed by atoms with E-state index in [1.54, 1.807) is 18.3 Å². The first-order chi connectivity index (χ1) is 11.0. The average Bonchev–Trinajstić information content (AvgIpc) is 3.00.